The number of nitrogens with two attached hydrogens (primary N) is 1. The van der Waals surface area contributed by atoms with E-state index >= 15 is 0 Å². The lowest BCUT2D eigenvalue weighted by molar-refractivity contribution is -0.120. The van der Waals surface area contributed by atoms with Crippen LogP contribution >= 0.6 is 0 Å². The Morgan fingerprint density at radius 1 is 1.04 bits per heavy atom. The largest absolute Gasteiger partial charge is 0.484 e. The van der Waals surface area contributed by atoms with Crippen molar-refractivity contribution in [3.8, 4) is 5.75 Å². The van der Waals surface area contributed by atoms with E-state index in [4.69, 9.17) is 10.5 Å². The molecule has 4 N–H and O–H groups in total. The Hall–Kier alpha value is -3.07. The van der Waals surface area contributed by atoms with Gasteiger partial charge >= 0.3 is 0 Å². The van der Waals surface area contributed by atoms with Crippen LogP contribution in [0.15, 0.2) is 53.4 Å². The molecule has 0 spiro atoms. The molecule has 0 unspecified atom stereocenters. The predicted octanol–water partition coefficient (Wildman–Crippen LogP) is 1.03. The van der Waals surface area contributed by atoms with E-state index in [0.29, 0.717) is 24.4 Å². The van der Waals surface area contributed by atoms with Gasteiger partial charge in [-0.05, 0) is 48.4 Å². The number of sulfonamides is 1. The van der Waals surface area contributed by atoms with Crippen LogP contribution in [-0.4, -0.2) is 33.4 Å². The molecule has 2 amide bonds. The third kappa shape index (κ3) is 6.63. The van der Waals surface area contributed by atoms with Crippen LogP contribution in [0.5, 0.6) is 5.75 Å². The van der Waals surface area contributed by atoms with Crippen LogP contribution in [0.4, 0.5) is 5.69 Å². The second-order valence-electron chi connectivity index (χ2n) is 5.76. The van der Waals surface area contributed by atoms with Crippen molar-refractivity contribution in [3.05, 3.63) is 54.1 Å². The number of carbonyl (C=O) groups excluding carboxylic acids is 2. The Kier molecular flexibility index (Phi) is 6.78. The van der Waals surface area contributed by atoms with Crippen molar-refractivity contribution in [3.63, 3.8) is 0 Å². The lowest BCUT2D eigenvalue weighted by Gasteiger charge is -2.10. The van der Waals surface area contributed by atoms with E-state index in [1.165, 1.54) is 43.3 Å². The van der Waals surface area contributed by atoms with Gasteiger partial charge in [0, 0.05) is 19.2 Å². The summed E-state index contributed by atoms with van der Waals surface area (Å²) in [5, 5.41) is 2.69. The summed E-state index contributed by atoms with van der Waals surface area (Å²) in [6.07, 6.45) is 0.611. The molecule has 8 nitrogen and oxygen atoms in total. The van der Waals surface area contributed by atoms with Crippen molar-refractivity contribution in [1.29, 1.82) is 0 Å². The molecule has 0 aromatic heterocycles. The molecule has 2 aromatic rings. The highest BCUT2D eigenvalue weighted by atomic mass is 32.2. The van der Waals surface area contributed by atoms with E-state index in [1.807, 2.05) is 0 Å². The highest BCUT2D eigenvalue weighted by Gasteiger charge is 2.14. The highest BCUT2D eigenvalue weighted by Crippen LogP contribution is 2.20. The number of nitrogens with one attached hydrogen (secondary N) is 2. The molecule has 0 radical (unpaired) electrons. The highest BCUT2D eigenvalue weighted by molar-refractivity contribution is 7.92. The van der Waals surface area contributed by atoms with Gasteiger partial charge in [-0.3, -0.25) is 14.3 Å². The van der Waals surface area contributed by atoms with Crippen LogP contribution in [0.1, 0.15) is 12.5 Å². The lowest BCUT2D eigenvalue weighted by atomic mass is 10.1. The van der Waals surface area contributed by atoms with Gasteiger partial charge in [-0.15, -0.1) is 0 Å². The minimum Gasteiger partial charge on any atom is -0.484 e. The maximum atomic E-state index is 12.5. The molecule has 0 aliphatic rings. The summed E-state index contributed by atoms with van der Waals surface area (Å²) in [5.74, 6) is -0.301. The summed E-state index contributed by atoms with van der Waals surface area (Å²) in [7, 11) is -3.74. The fraction of sp³-hybridized carbons (Fsp3) is 0.222. The number of hydrogen-bond acceptors (Lipinski definition) is 5. The molecule has 0 aliphatic heterocycles. The van der Waals surface area contributed by atoms with E-state index in [0.717, 1.165) is 5.56 Å². The Labute approximate surface area is 157 Å². The normalized spacial score (nSPS) is 10.9. The summed E-state index contributed by atoms with van der Waals surface area (Å²) in [5.41, 5.74) is 6.27. The van der Waals surface area contributed by atoms with Gasteiger partial charge in [-0.2, -0.15) is 0 Å². The summed E-state index contributed by atoms with van der Waals surface area (Å²) in [6, 6.07) is 12.5. The van der Waals surface area contributed by atoms with Crippen molar-refractivity contribution in [2.75, 3.05) is 17.9 Å². The molecule has 0 saturated carbocycles. The first-order valence-corrected chi connectivity index (χ1v) is 9.62. The van der Waals surface area contributed by atoms with Crippen LogP contribution in [-0.2, 0) is 26.0 Å². The van der Waals surface area contributed by atoms with Gasteiger partial charge in [-0.1, -0.05) is 12.1 Å². The number of benzene rings is 2. The summed E-state index contributed by atoms with van der Waals surface area (Å²) in [6.45, 7) is 1.68. The van der Waals surface area contributed by atoms with Crippen LogP contribution in [0.2, 0.25) is 0 Å². The van der Waals surface area contributed by atoms with Gasteiger partial charge in [0.05, 0.1) is 4.90 Å². The molecule has 0 bridgehead atoms. The SMILES string of the molecule is CC(=O)NCCc1ccc(S(=O)(=O)Nc2ccc(OCC(N)=O)cc2)cc1. The van der Waals surface area contributed by atoms with Gasteiger partial charge in [0.25, 0.3) is 15.9 Å². The molecule has 2 aromatic carbocycles. The van der Waals surface area contributed by atoms with Crippen molar-refractivity contribution in [1.82, 2.24) is 5.32 Å². The van der Waals surface area contributed by atoms with Crippen LogP contribution < -0.4 is 20.5 Å². The predicted molar refractivity (Wildman–Crippen MR) is 101 cm³/mol. The van der Waals surface area contributed by atoms with E-state index in [9.17, 15) is 18.0 Å². The standard InChI is InChI=1S/C18H21N3O5S/c1-13(22)20-11-10-14-2-8-17(9-3-14)27(24,25)21-15-4-6-16(7-5-15)26-12-18(19)23/h2-9,21H,10-12H2,1H3,(H2,19,23)(H,20,22). The van der Waals surface area contributed by atoms with Crippen LogP contribution in [0.3, 0.4) is 0 Å². The van der Waals surface area contributed by atoms with Crippen molar-refractivity contribution < 1.29 is 22.7 Å². The maximum absolute atomic E-state index is 12.5. The Morgan fingerprint density at radius 3 is 2.22 bits per heavy atom. The smallest absolute Gasteiger partial charge is 0.261 e. The summed E-state index contributed by atoms with van der Waals surface area (Å²) < 4.78 is 32.5. The third-order valence-corrected chi connectivity index (χ3v) is 4.91. The number of primary amides is 1. The first kappa shape index (κ1) is 20.2. The average Bonchev–Trinajstić information content (AvgIpc) is 2.61. The molecule has 2 rings (SSSR count). The second-order valence-corrected chi connectivity index (χ2v) is 7.44. The van der Waals surface area contributed by atoms with Crippen molar-refractivity contribution in [2.24, 2.45) is 5.73 Å². The zero-order valence-electron chi connectivity index (χ0n) is 14.8. The first-order valence-electron chi connectivity index (χ1n) is 8.13. The molecule has 0 aliphatic carbocycles. The van der Waals surface area contributed by atoms with Gasteiger partial charge in [0.2, 0.25) is 5.91 Å². The number of ether oxygens (including phenoxy) is 1. The topological polar surface area (TPSA) is 128 Å². The third-order valence-electron chi connectivity index (χ3n) is 3.51. The van der Waals surface area contributed by atoms with Crippen molar-refractivity contribution in [2.45, 2.75) is 18.2 Å². The molecular formula is C18H21N3O5S. The summed E-state index contributed by atoms with van der Waals surface area (Å²) in [4.78, 5) is 21.7. The van der Waals surface area contributed by atoms with Gasteiger partial charge in [0.1, 0.15) is 5.75 Å². The van der Waals surface area contributed by atoms with Crippen molar-refractivity contribution >= 4 is 27.5 Å². The molecule has 0 heterocycles. The zero-order valence-corrected chi connectivity index (χ0v) is 15.6. The molecule has 144 valence electrons. The van der Waals surface area contributed by atoms with Gasteiger partial charge < -0.3 is 15.8 Å². The monoisotopic (exact) mass is 391 g/mol. The minimum absolute atomic E-state index is 0.107. The van der Waals surface area contributed by atoms with E-state index in [1.54, 1.807) is 12.1 Å². The zero-order chi connectivity index (χ0) is 19.9. The number of rotatable bonds is 9. The Bertz CT molecular complexity index is 894. The Balaban J connectivity index is 1.99. The quantitative estimate of drug-likeness (QED) is 0.588. The van der Waals surface area contributed by atoms with Gasteiger partial charge in [0.15, 0.2) is 6.61 Å². The fourth-order valence-corrected chi connectivity index (χ4v) is 3.26. The summed E-state index contributed by atoms with van der Waals surface area (Å²) >= 11 is 0. The number of anilines is 1. The van der Waals surface area contributed by atoms with Crippen LogP contribution in [0.25, 0.3) is 0 Å². The number of carbonyl (C=O) groups is 2. The molecular weight excluding hydrogens is 370 g/mol. The second kappa shape index (κ2) is 9.04. The molecule has 27 heavy (non-hydrogen) atoms. The molecule has 0 atom stereocenters. The first-order chi connectivity index (χ1) is 12.8. The van der Waals surface area contributed by atoms with Crippen LogP contribution in [0, 0.1) is 0 Å². The average molecular weight is 391 g/mol. The Morgan fingerprint density at radius 2 is 1.67 bits per heavy atom. The molecule has 0 saturated heterocycles. The minimum atomic E-state index is -3.74. The van der Waals surface area contributed by atoms with Gasteiger partial charge in [-0.25, -0.2) is 8.42 Å². The van der Waals surface area contributed by atoms with E-state index in [-0.39, 0.29) is 17.4 Å². The maximum Gasteiger partial charge on any atom is 0.261 e. The molecule has 9 heteroatoms. The van der Waals surface area contributed by atoms with E-state index in [2.05, 4.69) is 10.0 Å². The lowest BCUT2D eigenvalue weighted by Crippen LogP contribution is -2.22. The van der Waals surface area contributed by atoms with E-state index < -0.39 is 15.9 Å². The fourth-order valence-electron chi connectivity index (χ4n) is 2.21. The number of hydrogen-bond donors (Lipinski definition) is 3. The molecule has 0 fully saturated rings. The number of amides is 2.